The predicted octanol–water partition coefficient (Wildman–Crippen LogP) is 4.62. The summed E-state index contributed by atoms with van der Waals surface area (Å²) in [7, 11) is 0. The van der Waals surface area contributed by atoms with Crippen LogP contribution < -0.4 is 10.1 Å². The quantitative estimate of drug-likeness (QED) is 0.645. The number of hydrogen-bond acceptors (Lipinski definition) is 5. The molecule has 6 heteroatoms. The Balaban J connectivity index is 1.34. The van der Waals surface area contributed by atoms with Crippen molar-refractivity contribution in [3.8, 4) is 5.75 Å². The maximum Gasteiger partial charge on any atom is 0.143 e. The van der Waals surface area contributed by atoms with Crippen LogP contribution in [0, 0.1) is 0 Å². The highest BCUT2D eigenvalue weighted by molar-refractivity contribution is 6.31. The lowest BCUT2D eigenvalue weighted by atomic mass is 9.92. The number of halogens is 1. The molecule has 4 atom stereocenters. The van der Waals surface area contributed by atoms with Gasteiger partial charge in [-0.25, -0.2) is 0 Å². The van der Waals surface area contributed by atoms with E-state index in [0.717, 1.165) is 47.5 Å². The minimum absolute atomic E-state index is 0.0264. The molecule has 0 aromatic heterocycles. The first-order valence-corrected chi connectivity index (χ1v) is 11.7. The number of nitrogens with one attached hydrogen (secondary N) is 1. The molecule has 1 saturated carbocycles. The van der Waals surface area contributed by atoms with Crippen molar-refractivity contribution < 1.29 is 19.7 Å². The van der Waals surface area contributed by atoms with Crippen molar-refractivity contribution in [2.45, 2.75) is 75.5 Å². The fourth-order valence-electron chi connectivity index (χ4n) is 5.17. The van der Waals surface area contributed by atoms with E-state index in [1.165, 1.54) is 12.8 Å². The van der Waals surface area contributed by atoms with Gasteiger partial charge in [-0.3, -0.25) is 0 Å². The highest BCUT2D eigenvalue weighted by Crippen LogP contribution is 2.42. The third kappa shape index (κ3) is 4.17. The van der Waals surface area contributed by atoms with E-state index in [9.17, 15) is 10.2 Å². The number of fused-ring (bicyclic) bond motifs is 1. The lowest BCUT2D eigenvalue weighted by molar-refractivity contribution is -0.163. The molecule has 1 spiro atoms. The predicted molar refractivity (Wildman–Crippen MR) is 121 cm³/mol. The van der Waals surface area contributed by atoms with Crippen molar-refractivity contribution in [3.05, 3.63) is 58.1 Å². The highest BCUT2D eigenvalue weighted by atomic mass is 35.5. The first-order chi connectivity index (χ1) is 14.9. The summed E-state index contributed by atoms with van der Waals surface area (Å²) in [5.74, 6) is 0.939. The Kier molecular flexibility index (Phi) is 5.63. The van der Waals surface area contributed by atoms with Gasteiger partial charge in [0.1, 0.15) is 17.5 Å². The van der Waals surface area contributed by atoms with Gasteiger partial charge in [-0.05, 0) is 73.9 Å². The molecule has 31 heavy (non-hydrogen) atoms. The average Bonchev–Trinajstić information content (AvgIpc) is 3.21. The number of aliphatic hydroxyl groups excluding tert-OH is 2. The van der Waals surface area contributed by atoms with Gasteiger partial charge in [0.25, 0.3) is 0 Å². The standard InChI is InChI=1S/C25H30ClNO4/c1-15-24(29)21(28)13-23(30-15)17-5-6-19(26)18(12-17)10-16-4-7-22-20(11-16)27-14-25(31-22)8-2-3-9-25/h4-7,11-12,15,21,23-24,27-29H,2-3,8-10,13-14H2,1H3. The third-order valence-electron chi connectivity index (χ3n) is 7.03. The number of benzene rings is 2. The van der Waals surface area contributed by atoms with Gasteiger partial charge in [0.15, 0.2) is 0 Å². The SMILES string of the molecule is CC1OC(c2ccc(Cl)c(Cc3ccc4c(c3)NCC3(CCCC3)O4)c2)CC(O)C1O. The van der Waals surface area contributed by atoms with Crippen LogP contribution in [0.1, 0.15) is 61.8 Å². The summed E-state index contributed by atoms with van der Waals surface area (Å²) in [5.41, 5.74) is 4.16. The molecule has 5 rings (SSSR count). The smallest absolute Gasteiger partial charge is 0.143 e. The molecular formula is C25H30ClNO4. The minimum Gasteiger partial charge on any atom is -0.483 e. The minimum atomic E-state index is -0.850. The van der Waals surface area contributed by atoms with E-state index in [-0.39, 0.29) is 11.7 Å². The first-order valence-electron chi connectivity index (χ1n) is 11.3. The molecule has 166 valence electrons. The second-order valence-electron chi connectivity index (χ2n) is 9.33. The van der Waals surface area contributed by atoms with E-state index in [1.807, 2.05) is 12.1 Å². The summed E-state index contributed by atoms with van der Waals surface area (Å²) in [4.78, 5) is 0. The summed E-state index contributed by atoms with van der Waals surface area (Å²) in [5, 5.41) is 24.4. The molecule has 2 aliphatic heterocycles. The Labute approximate surface area is 188 Å². The monoisotopic (exact) mass is 443 g/mol. The van der Waals surface area contributed by atoms with E-state index in [2.05, 4.69) is 29.6 Å². The zero-order valence-electron chi connectivity index (χ0n) is 17.8. The molecule has 4 unspecified atom stereocenters. The van der Waals surface area contributed by atoms with Crippen LogP contribution >= 0.6 is 11.6 Å². The van der Waals surface area contributed by atoms with Gasteiger partial charge >= 0.3 is 0 Å². The van der Waals surface area contributed by atoms with E-state index < -0.39 is 18.3 Å². The largest absolute Gasteiger partial charge is 0.483 e. The molecule has 2 fully saturated rings. The fourth-order valence-corrected chi connectivity index (χ4v) is 5.35. The molecule has 2 heterocycles. The summed E-state index contributed by atoms with van der Waals surface area (Å²) >= 11 is 6.52. The Morgan fingerprint density at radius 2 is 1.94 bits per heavy atom. The molecule has 0 bridgehead atoms. The molecule has 2 aromatic carbocycles. The van der Waals surface area contributed by atoms with Crippen molar-refractivity contribution in [1.29, 1.82) is 0 Å². The zero-order chi connectivity index (χ0) is 21.6. The van der Waals surface area contributed by atoms with Crippen LogP contribution in [-0.2, 0) is 11.2 Å². The summed E-state index contributed by atoms with van der Waals surface area (Å²) in [6.45, 7) is 2.65. The maximum absolute atomic E-state index is 10.2. The van der Waals surface area contributed by atoms with Crippen LogP contribution in [0.15, 0.2) is 36.4 Å². The number of rotatable bonds is 3. The van der Waals surface area contributed by atoms with Crippen LogP contribution in [0.4, 0.5) is 5.69 Å². The van der Waals surface area contributed by atoms with Crippen LogP contribution in [0.5, 0.6) is 5.75 Å². The average molecular weight is 444 g/mol. The molecule has 3 N–H and O–H groups in total. The highest BCUT2D eigenvalue weighted by Gasteiger charge is 2.39. The number of aliphatic hydroxyl groups is 2. The lowest BCUT2D eigenvalue weighted by Gasteiger charge is -2.36. The van der Waals surface area contributed by atoms with Crippen LogP contribution in [0.3, 0.4) is 0 Å². The summed E-state index contributed by atoms with van der Waals surface area (Å²) in [6.07, 6.45) is 3.48. The molecule has 0 amide bonds. The second kappa shape index (κ2) is 8.28. The van der Waals surface area contributed by atoms with E-state index in [0.29, 0.717) is 17.9 Å². The van der Waals surface area contributed by atoms with Crippen molar-refractivity contribution in [1.82, 2.24) is 0 Å². The third-order valence-corrected chi connectivity index (χ3v) is 7.40. The van der Waals surface area contributed by atoms with Gasteiger partial charge in [-0.2, -0.15) is 0 Å². The van der Waals surface area contributed by atoms with E-state index >= 15 is 0 Å². The molecule has 0 radical (unpaired) electrons. The number of hydrogen-bond donors (Lipinski definition) is 3. The Morgan fingerprint density at radius 3 is 2.71 bits per heavy atom. The van der Waals surface area contributed by atoms with Crippen LogP contribution in [0.25, 0.3) is 0 Å². The number of ether oxygens (including phenoxy) is 2. The van der Waals surface area contributed by atoms with Gasteiger partial charge in [0.05, 0.1) is 30.5 Å². The van der Waals surface area contributed by atoms with Crippen molar-refractivity contribution in [2.24, 2.45) is 0 Å². The molecule has 2 aromatic rings. The topological polar surface area (TPSA) is 71.0 Å². The Morgan fingerprint density at radius 1 is 1.13 bits per heavy atom. The van der Waals surface area contributed by atoms with Gasteiger partial charge in [0, 0.05) is 11.4 Å². The Bertz CT molecular complexity index is 947. The van der Waals surface area contributed by atoms with Gasteiger partial charge in [0.2, 0.25) is 0 Å². The van der Waals surface area contributed by atoms with Gasteiger partial charge in [-0.15, -0.1) is 0 Å². The van der Waals surface area contributed by atoms with Crippen molar-refractivity contribution in [3.63, 3.8) is 0 Å². The molecule has 3 aliphatic rings. The second-order valence-corrected chi connectivity index (χ2v) is 9.73. The van der Waals surface area contributed by atoms with E-state index in [4.69, 9.17) is 21.1 Å². The Hall–Kier alpha value is -1.79. The number of anilines is 1. The van der Waals surface area contributed by atoms with Gasteiger partial charge in [-0.1, -0.05) is 29.8 Å². The first kappa shape index (κ1) is 21.1. The molecule has 1 saturated heterocycles. The molecule has 5 nitrogen and oxygen atoms in total. The van der Waals surface area contributed by atoms with Crippen molar-refractivity contribution >= 4 is 17.3 Å². The normalized spacial score (nSPS) is 29.3. The van der Waals surface area contributed by atoms with Crippen LogP contribution in [0.2, 0.25) is 5.02 Å². The molecular weight excluding hydrogens is 414 g/mol. The van der Waals surface area contributed by atoms with Crippen molar-refractivity contribution in [2.75, 3.05) is 11.9 Å². The molecule has 1 aliphatic carbocycles. The van der Waals surface area contributed by atoms with Gasteiger partial charge < -0.3 is 25.0 Å². The maximum atomic E-state index is 10.2. The zero-order valence-corrected chi connectivity index (χ0v) is 18.6. The fraction of sp³-hybridized carbons (Fsp3) is 0.520. The van der Waals surface area contributed by atoms with E-state index in [1.54, 1.807) is 6.92 Å². The van der Waals surface area contributed by atoms with Crippen LogP contribution in [-0.4, -0.2) is 40.7 Å². The summed E-state index contributed by atoms with van der Waals surface area (Å²) < 4.78 is 12.3. The lowest BCUT2D eigenvalue weighted by Crippen LogP contribution is -2.43. The summed E-state index contributed by atoms with van der Waals surface area (Å²) in [6, 6.07) is 12.2.